The van der Waals surface area contributed by atoms with E-state index in [2.05, 4.69) is 0 Å². The molecule has 1 fully saturated rings. The Balaban J connectivity index is 2.12. The van der Waals surface area contributed by atoms with Gasteiger partial charge >= 0.3 is 0 Å². The van der Waals surface area contributed by atoms with E-state index >= 15 is 0 Å². The van der Waals surface area contributed by atoms with Crippen molar-refractivity contribution in [2.24, 2.45) is 5.92 Å². The minimum absolute atomic E-state index is 0.381. The maximum atomic E-state index is 10.3. The molecule has 1 unspecified atom stereocenters. The summed E-state index contributed by atoms with van der Waals surface area (Å²) in [6.07, 6.45) is 5.58. The Morgan fingerprint density at radius 3 is 2.38 bits per heavy atom. The molecular formula is C13H16Cl2O. The van der Waals surface area contributed by atoms with Crippen molar-refractivity contribution in [2.45, 2.75) is 38.2 Å². The summed E-state index contributed by atoms with van der Waals surface area (Å²) < 4.78 is 0. The van der Waals surface area contributed by atoms with E-state index in [1.807, 2.05) is 6.07 Å². The zero-order valence-electron chi connectivity index (χ0n) is 9.13. The van der Waals surface area contributed by atoms with Crippen LogP contribution in [0.15, 0.2) is 18.2 Å². The van der Waals surface area contributed by atoms with Gasteiger partial charge in [-0.05, 0) is 36.5 Å². The number of aliphatic hydroxyl groups is 1. The van der Waals surface area contributed by atoms with Crippen molar-refractivity contribution in [2.75, 3.05) is 0 Å². The van der Waals surface area contributed by atoms with Crippen LogP contribution in [0, 0.1) is 5.92 Å². The van der Waals surface area contributed by atoms with E-state index in [4.69, 9.17) is 23.2 Å². The first kappa shape index (κ1) is 12.2. The molecule has 1 aliphatic rings. The molecule has 1 nitrogen and oxygen atoms in total. The number of halogens is 2. The summed E-state index contributed by atoms with van der Waals surface area (Å²) in [4.78, 5) is 0. The van der Waals surface area contributed by atoms with E-state index in [1.54, 1.807) is 12.1 Å². The van der Waals surface area contributed by atoms with Gasteiger partial charge in [0.25, 0.3) is 0 Å². The highest BCUT2D eigenvalue weighted by Crippen LogP contribution is 2.36. The second-order valence-corrected chi connectivity index (χ2v) is 5.33. The second-order valence-electron chi connectivity index (χ2n) is 4.52. The van der Waals surface area contributed by atoms with Gasteiger partial charge in [0.05, 0.1) is 16.1 Å². The fraction of sp³-hybridized carbons (Fsp3) is 0.538. The van der Waals surface area contributed by atoms with Crippen molar-refractivity contribution in [3.05, 3.63) is 33.8 Å². The van der Waals surface area contributed by atoms with E-state index in [0.29, 0.717) is 16.0 Å². The molecule has 0 spiro atoms. The average molecular weight is 259 g/mol. The van der Waals surface area contributed by atoms with E-state index in [-0.39, 0.29) is 0 Å². The maximum Gasteiger partial charge on any atom is 0.0818 e. The molecule has 2 rings (SSSR count). The van der Waals surface area contributed by atoms with Crippen LogP contribution in [0.1, 0.15) is 43.8 Å². The fourth-order valence-corrected chi connectivity index (χ4v) is 2.72. The molecule has 0 heterocycles. The Morgan fingerprint density at radius 2 is 1.75 bits per heavy atom. The summed E-state index contributed by atoms with van der Waals surface area (Å²) in [5.74, 6) is 0.381. The molecule has 0 bridgehead atoms. The Bertz CT molecular complexity index is 359. The molecule has 0 saturated heterocycles. The van der Waals surface area contributed by atoms with E-state index < -0.39 is 6.10 Å². The molecule has 1 atom stereocenters. The van der Waals surface area contributed by atoms with Crippen LogP contribution >= 0.6 is 23.2 Å². The number of rotatable bonds is 2. The monoisotopic (exact) mass is 258 g/mol. The minimum atomic E-state index is -0.393. The van der Waals surface area contributed by atoms with Crippen LogP contribution in [0.4, 0.5) is 0 Å². The lowest BCUT2D eigenvalue weighted by Gasteiger charge is -2.26. The standard InChI is InChI=1S/C13H16Cl2O/c14-11-7-6-10(8-12(11)15)13(16)9-4-2-1-3-5-9/h6-9,13,16H,1-5H2. The number of aliphatic hydroxyl groups excluding tert-OH is 1. The van der Waals surface area contributed by atoms with Crippen LogP contribution in [0.3, 0.4) is 0 Å². The summed E-state index contributed by atoms with van der Waals surface area (Å²) in [5, 5.41) is 11.3. The van der Waals surface area contributed by atoms with E-state index in [1.165, 1.54) is 19.3 Å². The van der Waals surface area contributed by atoms with Crippen LogP contribution < -0.4 is 0 Å². The molecule has 1 N–H and O–H groups in total. The molecule has 1 saturated carbocycles. The largest absolute Gasteiger partial charge is 0.388 e. The molecule has 88 valence electrons. The van der Waals surface area contributed by atoms with E-state index in [0.717, 1.165) is 18.4 Å². The van der Waals surface area contributed by atoms with Crippen molar-refractivity contribution in [3.8, 4) is 0 Å². The van der Waals surface area contributed by atoms with Crippen molar-refractivity contribution in [1.82, 2.24) is 0 Å². The fourth-order valence-electron chi connectivity index (χ4n) is 2.42. The van der Waals surface area contributed by atoms with Gasteiger partial charge in [0.2, 0.25) is 0 Å². The lowest BCUT2D eigenvalue weighted by Crippen LogP contribution is -2.15. The molecule has 1 aliphatic carbocycles. The normalized spacial score (nSPS) is 19.7. The second kappa shape index (κ2) is 5.39. The van der Waals surface area contributed by atoms with Gasteiger partial charge in [-0.1, -0.05) is 48.5 Å². The summed E-state index contributed by atoms with van der Waals surface area (Å²) >= 11 is 11.8. The van der Waals surface area contributed by atoms with Crippen molar-refractivity contribution in [3.63, 3.8) is 0 Å². The summed E-state index contributed by atoms with van der Waals surface area (Å²) in [6, 6.07) is 5.40. The predicted octanol–water partition coefficient (Wildman–Crippen LogP) is 4.61. The average Bonchev–Trinajstić information content (AvgIpc) is 2.33. The molecule has 0 amide bonds. The quantitative estimate of drug-likeness (QED) is 0.822. The molecule has 1 aromatic rings. The maximum absolute atomic E-state index is 10.3. The molecule has 0 aromatic heterocycles. The molecule has 1 aromatic carbocycles. The van der Waals surface area contributed by atoms with Crippen LogP contribution in [0.5, 0.6) is 0 Å². The van der Waals surface area contributed by atoms with Crippen LogP contribution in [-0.4, -0.2) is 5.11 Å². The number of benzene rings is 1. The highest BCUT2D eigenvalue weighted by atomic mass is 35.5. The molecule has 0 radical (unpaired) electrons. The van der Waals surface area contributed by atoms with Gasteiger partial charge in [-0.3, -0.25) is 0 Å². The number of hydrogen-bond acceptors (Lipinski definition) is 1. The van der Waals surface area contributed by atoms with Crippen molar-refractivity contribution >= 4 is 23.2 Å². The Morgan fingerprint density at radius 1 is 1.06 bits per heavy atom. The minimum Gasteiger partial charge on any atom is -0.388 e. The molecular weight excluding hydrogens is 243 g/mol. The first-order chi connectivity index (χ1) is 7.68. The van der Waals surface area contributed by atoms with Gasteiger partial charge in [-0.2, -0.15) is 0 Å². The van der Waals surface area contributed by atoms with Gasteiger partial charge in [-0.25, -0.2) is 0 Å². The third-order valence-corrected chi connectivity index (χ3v) is 4.12. The van der Waals surface area contributed by atoms with Gasteiger partial charge in [0.1, 0.15) is 0 Å². The van der Waals surface area contributed by atoms with Gasteiger partial charge in [-0.15, -0.1) is 0 Å². The van der Waals surface area contributed by atoms with Gasteiger partial charge < -0.3 is 5.11 Å². The van der Waals surface area contributed by atoms with Gasteiger partial charge in [0.15, 0.2) is 0 Å². The topological polar surface area (TPSA) is 20.2 Å². The Kier molecular flexibility index (Phi) is 4.12. The zero-order chi connectivity index (χ0) is 11.5. The predicted molar refractivity (Wildman–Crippen MR) is 68.0 cm³/mol. The summed E-state index contributed by atoms with van der Waals surface area (Å²) in [7, 11) is 0. The first-order valence-electron chi connectivity index (χ1n) is 5.81. The lowest BCUT2D eigenvalue weighted by atomic mass is 9.83. The highest BCUT2D eigenvalue weighted by molar-refractivity contribution is 6.42. The van der Waals surface area contributed by atoms with E-state index in [9.17, 15) is 5.11 Å². The smallest absolute Gasteiger partial charge is 0.0818 e. The molecule has 3 heteroatoms. The zero-order valence-corrected chi connectivity index (χ0v) is 10.6. The number of hydrogen-bond donors (Lipinski definition) is 1. The van der Waals surface area contributed by atoms with Crippen molar-refractivity contribution in [1.29, 1.82) is 0 Å². The third kappa shape index (κ3) is 2.71. The highest BCUT2D eigenvalue weighted by Gasteiger charge is 2.23. The third-order valence-electron chi connectivity index (χ3n) is 3.38. The molecule has 16 heavy (non-hydrogen) atoms. The van der Waals surface area contributed by atoms with Crippen LogP contribution in [-0.2, 0) is 0 Å². The van der Waals surface area contributed by atoms with Gasteiger partial charge in [0, 0.05) is 0 Å². The summed E-state index contributed by atoms with van der Waals surface area (Å²) in [6.45, 7) is 0. The van der Waals surface area contributed by atoms with Crippen LogP contribution in [0.25, 0.3) is 0 Å². The Labute approximate surface area is 106 Å². The Hall–Kier alpha value is -0.240. The summed E-state index contributed by atoms with van der Waals surface area (Å²) in [5.41, 5.74) is 0.890. The lowest BCUT2D eigenvalue weighted by molar-refractivity contribution is 0.0848. The molecule has 0 aliphatic heterocycles. The van der Waals surface area contributed by atoms with Crippen LogP contribution in [0.2, 0.25) is 10.0 Å². The first-order valence-corrected chi connectivity index (χ1v) is 6.57. The van der Waals surface area contributed by atoms with Crippen molar-refractivity contribution < 1.29 is 5.11 Å². The SMILES string of the molecule is OC(c1ccc(Cl)c(Cl)c1)C1CCCCC1.